The molecular weight excluding hydrogens is 200 g/mol. The molecule has 1 heterocycles. The van der Waals surface area contributed by atoms with Crippen molar-refractivity contribution in [2.75, 3.05) is 6.54 Å². The van der Waals surface area contributed by atoms with Crippen molar-refractivity contribution in [2.45, 2.75) is 19.8 Å². The van der Waals surface area contributed by atoms with Gasteiger partial charge in [-0.2, -0.15) is 0 Å². The molecule has 0 saturated carbocycles. The molecule has 0 bridgehead atoms. The number of nitrogens with zero attached hydrogens (tertiary/aromatic N) is 1. The second kappa shape index (κ2) is 4.94. The highest BCUT2D eigenvalue weighted by Crippen LogP contribution is 2.19. The summed E-state index contributed by atoms with van der Waals surface area (Å²) in [5.41, 5.74) is 8.67. The highest BCUT2D eigenvalue weighted by atomic mass is 16.3. The molecule has 0 aliphatic heterocycles. The first-order valence-electron chi connectivity index (χ1n) is 5.51. The van der Waals surface area contributed by atoms with Gasteiger partial charge in [0.1, 0.15) is 12.0 Å². The molecule has 3 heteroatoms. The third-order valence-corrected chi connectivity index (χ3v) is 2.46. The topological polar surface area (TPSA) is 52.0 Å². The van der Waals surface area contributed by atoms with E-state index in [4.69, 9.17) is 10.2 Å². The maximum Gasteiger partial charge on any atom is 0.194 e. The molecule has 2 N–H and O–H groups in total. The number of aromatic nitrogens is 1. The summed E-state index contributed by atoms with van der Waals surface area (Å²) in [7, 11) is 0. The summed E-state index contributed by atoms with van der Waals surface area (Å²) in [6.07, 6.45) is 3.43. The van der Waals surface area contributed by atoms with Gasteiger partial charge in [0.25, 0.3) is 0 Å². The summed E-state index contributed by atoms with van der Waals surface area (Å²) in [5, 5.41) is 0. The first kappa shape index (κ1) is 10.9. The summed E-state index contributed by atoms with van der Waals surface area (Å²) >= 11 is 0. The number of nitrogens with two attached hydrogens (primary N) is 1. The van der Waals surface area contributed by atoms with Gasteiger partial charge in [-0.1, -0.05) is 23.8 Å². The molecule has 16 heavy (non-hydrogen) atoms. The molecule has 0 aliphatic rings. The van der Waals surface area contributed by atoms with E-state index in [-0.39, 0.29) is 0 Å². The van der Waals surface area contributed by atoms with E-state index in [2.05, 4.69) is 24.0 Å². The van der Waals surface area contributed by atoms with Crippen molar-refractivity contribution in [3.63, 3.8) is 0 Å². The largest absolute Gasteiger partial charge is 0.448 e. The molecule has 1 aromatic heterocycles. The van der Waals surface area contributed by atoms with Crippen molar-refractivity contribution in [2.24, 2.45) is 5.73 Å². The average Bonchev–Trinajstić information content (AvgIpc) is 2.75. The minimum absolute atomic E-state index is 0.669. The van der Waals surface area contributed by atoms with Gasteiger partial charge in [-0.05, 0) is 26.0 Å². The molecule has 0 amide bonds. The molecule has 84 valence electrons. The molecule has 0 fully saturated rings. The van der Waals surface area contributed by atoms with Gasteiger partial charge in [-0.15, -0.1) is 0 Å². The molecule has 0 saturated heterocycles. The highest BCUT2D eigenvalue weighted by molar-refractivity contribution is 5.58. The van der Waals surface area contributed by atoms with Gasteiger partial charge >= 0.3 is 0 Å². The van der Waals surface area contributed by atoms with Crippen LogP contribution >= 0.6 is 0 Å². The number of rotatable bonds is 4. The lowest BCUT2D eigenvalue weighted by molar-refractivity contribution is 0.488. The van der Waals surface area contributed by atoms with Gasteiger partial charge in [0.2, 0.25) is 0 Å². The second-order valence-electron chi connectivity index (χ2n) is 3.89. The van der Waals surface area contributed by atoms with Crippen molar-refractivity contribution in [1.29, 1.82) is 0 Å². The third-order valence-electron chi connectivity index (χ3n) is 2.46. The van der Waals surface area contributed by atoms with Crippen LogP contribution in [-0.2, 0) is 6.42 Å². The van der Waals surface area contributed by atoms with Gasteiger partial charge in [-0.3, -0.25) is 0 Å². The summed E-state index contributed by atoms with van der Waals surface area (Å²) in [4.78, 5) is 4.44. The molecular formula is C13H16N2O. The van der Waals surface area contributed by atoms with E-state index < -0.39 is 0 Å². The Morgan fingerprint density at radius 1 is 1.38 bits per heavy atom. The Labute approximate surface area is 95.3 Å². The van der Waals surface area contributed by atoms with Gasteiger partial charge < -0.3 is 10.2 Å². The van der Waals surface area contributed by atoms with Crippen LogP contribution < -0.4 is 5.73 Å². The molecule has 0 spiro atoms. The van der Waals surface area contributed by atoms with Crippen LogP contribution in [0.25, 0.3) is 11.3 Å². The Balaban J connectivity index is 2.18. The Morgan fingerprint density at radius 2 is 2.25 bits per heavy atom. The molecule has 0 radical (unpaired) electrons. The smallest absolute Gasteiger partial charge is 0.194 e. The van der Waals surface area contributed by atoms with Gasteiger partial charge in [0, 0.05) is 12.0 Å². The van der Waals surface area contributed by atoms with E-state index in [0.717, 1.165) is 30.0 Å². The van der Waals surface area contributed by atoms with Crippen LogP contribution in [-0.4, -0.2) is 11.5 Å². The minimum Gasteiger partial charge on any atom is -0.448 e. The zero-order chi connectivity index (χ0) is 11.4. The van der Waals surface area contributed by atoms with E-state index in [1.54, 1.807) is 6.26 Å². The van der Waals surface area contributed by atoms with Gasteiger partial charge in [0.05, 0.1) is 0 Å². The Kier molecular flexibility index (Phi) is 3.37. The first-order valence-corrected chi connectivity index (χ1v) is 5.51. The maximum atomic E-state index is 5.44. The average molecular weight is 216 g/mol. The maximum absolute atomic E-state index is 5.44. The summed E-state index contributed by atoms with van der Waals surface area (Å²) < 4.78 is 5.39. The fraction of sp³-hybridized carbons (Fsp3) is 0.308. The van der Waals surface area contributed by atoms with Crippen LogP contribution in [0.5, 0.6) is 0 Å². The van der Waals surface area contributed by atoms with Crippen LogP contribution in [0.3, 0.4) is 0 Å². The van der Waals surface area contributed by atoms with Crippen molar-refractivity contribution in [3.8, 4) is 11.3 Å². The zero-order valence-corrected chi connectivity index (χ0v) is 9.44. The number of hydrogen-bond donors (Lipinski definition) is 1. The monoisotopic (exact) mass is 216 g/mol. The number of hydrogen-bond acceptors (Lipinski definition) is 3. The van der Waals surface area contributed by atoms with E-state index in [1.165, 1.54) is 5.56 Å². The zero-order valence-electron chi connectivity index (χ0n) is 9.44. The van der Waals surface area contributed by atoms with Crippen molar-refractivity contribution in [3.05, 3.63) is 42.0 Å². The summed E-state index contributed by atoms with van der Waals surface area (Å²) in [6, 6.07) is 8.24. The summed E-state index contributed by atoms with van der Waals surface area (Å²) in [6.45, 7) is 2.74. The predicted octanol–water partition coefficient (Wildman–Crippen LogP) is 2.54. The van der Waals surface area contributed by atoms with E-state index in [9.17, 15) is 0 Å². The fourth-order valence-electron chi connectivity index (χ4n) is 1.62. The lowest BCUT2D eigenvalue weighted by Gasteiger charge is -1.96. The molecule has 0 unspecified atom stereocenters. The first-order chi connectivity index (χ1) is 7.79. The van der Waals surface area contributed by atoms with Gasteiger partial charge in [-0.25, -0.2) is 4.98 Å². The minimum atomic E-state index is 0.669. The molecule has 2 rings (SSSR count). The Bertz CT molecular complexity index is 462. The van der Waals surface area contributed by atoms with Crippen LogP contribution in [0.2, 0.25) is 0 Å². The highest BCUT2D eigenvalue weighted by Gasteiger charge is 2.05. The lowest BCUT2D eigenvalue weighted by atomic mass is 10.1. The molecule has 1 aromatic carbocycles. The SMILES string of the molecule is Cc1cccc(-c2coc(CCCN)n2)c1. The van der Waals surface area contributed by atoms with Crippen LogP contribution in [0.1, 0.15) is 17.9 Å². The number of aryl methyl sites for hydroxylation is 2. The van der Waals surface area contributed by atoms with E-state index in [1.807, 2.05) is 12.1 Å². The van der Waals surface area contributed by atoms with Crippen LogP contribution in [0.4, 0.5) is 0 Å². The van der Waals surface area contributed by atoms with Crippen LogP contribution in [0.15, 0.2) is 34.9 Å². The molecule has 2 aromatic rings. The second-order valence-corrected chi connectivity index (χ2v) is 3.89. The standard InChI is InChI=1S/C13H16N2O/c1-10-4-2-5-11(8-10)12-9-16-13(15-12)6-3-7-14/h2,4-5,8-9H,3,6-7,14H2,1H3. The van der Waals surface area contributed by atoms with E-state index >= 15 is 0 Å². The quantitative estimate of drug-likeness (QED) is 0.854. The van der Waals surface area contributed by atoms with Crippen LogP contribution in [0, 0.1) is 6.92 Å². The Morgan fingerprint density at radius 3 is 3.00 bits per heavy atom. The third kappa shape index (κ3) is 2.49. The predicted molar refractivity (Wildman–Crippen MR) is 64.1 cm³/mol. The molecule has 3 nitrogen and oxygen atoms in total. The van der Waals surface area contributed by atoms with Crippen molar-refractivity contribution in [1.82, 2.24) is 4.98 Å². The van der Waals surface area contributed by atoms with Crippen molar-refractivity contribution >= 4 is 0 Å². The molecule has 0 atom stereocenters. The van der Waals surface area contributed by atoms with Crippen molar-refractivity contribution < 1.29 is 4.42 Å². The number of oxazole rings is 1. The van der Waals surface area contributed by atoms with Gasteiger partial charge in [0.15, 0.2) is 5.89 Å². The lowest BCUT2D eigenvalue weighted by Crippen LogP contribution is -2.00. The fourth-order valence-corrected chi connectivity index (χ4v) is 1.62. The molecule has 0 aliphatic carbocycles. The summed E-state index contributed by atoms with van der Waals surface area (Å²) in [5.74, 6) is 0.766. The Hall–Kier alpha value is -1.61. The van der Waals surface area contributed by atoms with E-state index in [0.29, 0.717) is 6.54 Å². The number of benzene rings is 1. The normalized spacial score (nSPS) is 10.6.